The number of unbranched alkanes of at least 4 members (excludes halogenated alkanes) is 1. The second-order valence-electron chi connectivity index (χ2n) is 6.56. The third kappa shape index (κ3) is 12.5. The molecule has 0 fully saturated rings. The molecule has 12 heteroatoms. The Morgan fingerprint density at radius 2 is 2.00 bits per heavy atom. The maximum absolute atomic E-state index is 13.0. The number of halogens is 3. The van der Waals surface area contributed by atoms with Crippen LogP contribution in [0, 0.1) is 0 Å². The van der Waals surface area contributed by atoms with Gasteiger partial charge in [0.15, 0.2) is 0 Å². The summed E-state index contributed by atoms with van der Waals surface area (Å²) in [6.07, 6.45) is 2.86. The number of nitrogens with two attached hydrogens (primary N) is 1. The van der Waals surface area contributed by atoms with Gasteiger partial charge >= 0.3 is 6.03 Å². The molecule has 1 aromatic heterocycles. The number of hydrogen-bond donors (Lipinski definition) is 3. The number of hydrogen-bond acceptors (Lipinski definition) is 6. The molecule has 0 spiro atoms. The second kappa shape index (κ2) is 18.2. The number of amides is 3. The molecule has 0 saturated heterocycles. The van der Waals surface area contributed by atoms with Gasteiger partial charge in [-0.1, -0.05) is 42.9 Å². The first-order valence-corrected chi connectivity index (χ1v) is 12.0. The third-order valence-corrected chi connectivity index (χ3v) is 4.90. The number of urea groups is 1. The molecular formula is C21H32BrF2N5O3S. The van der Waals surface area contributed by atoms with E-state index in [2.05, 4.69) is 62.8 Å². The molecule has 0 radical (unpaired) electrons. The molecule has 0 atom stereocenters. The van der Waals surface area contributed by atoms with Crippen molar-refractivity contribution in [3.63, 3.8) is 0 Å². The Morgan fingerprint density at radius 3 is 2.52 bits per heavy atom. The van der Waals surface area contributed by atoms with Gasteiger partial charge in [0.25, 0.3) is 5.91 Å². The molecule has 3 amide bonds. The Labute approximate surface area is 206 Å². The van der Waals surface area contributed by atoms with E-state index in [9.17, 15) is 18.4 Å². The van der Waals surface area contributed by atoms with E-state index in [1.807, 2.05) is 0 Å². The van der Waals surface area contributed by atoms with Gasteiger partial charge in [-0.15, -0.1) is 0 Å². The van der Waals surface area contributed by atoms with Crippen molar-refractivity contribution in [1.29, 1.82) is 0 Å². The smallest absolute Gasteiger partial charge is 0.319 e. The van der Waals surface area contributed by atoms with Crippen LogP contribution in [0.25, 0.3) is 0 Å². The van der Waals surface area contributed by atoms with Gasteiger partial charge in [-0.05, 0) is 55.4 Å². The average molecular weight is 552 g/mol. The van der Waals surface area contributed by atoms with Crippen LogP contribution in [0.4, 0.5) is 18.6 Å². The standard InChI is InChI=1S/C19H29F2N5O3S.C2H3Br/c1-4-9-26(5-2)10-7-6-8-23-19(28)24-18-15(16(22)27)17(25-30-18)29-12-14(11-20)13(3)21;1-2-3/h11H,3-10,12H2,1-2H3,(H2,22,27)(H2,23,24,28);2H,1H2/b14-11+;. The van der Waals surface area contributed by atoms with Gasteiger partial charge in [-0.25, -0.2) is 13.6 Å². The quantitative estimate of drug-likeness (QED) is 0.219. The number of nitrogens with one attached hydrogen (secondary N) is 2. The zero-order valence-electron chi connectivity index (χ0n) is 19.0. The van der Waals surface area contributed by atoms with Crippen molar-refractivity contribution in [1.82, 2.24) is 14.6 Å². The van der Waals surface area contributed by atoms with E-state index < -0.39 is 29.9 Å². The van der Waals surface area contributed by atoms with Gasteiger partial charge < -0.3 is 20.7 Å². The number of carbonyl (C=O) groups is 2. The lowest BCUT2D eigenvalue weighted by atomic mass is 10.2. The van der Waals surface area contributed by atoms with Crippen molar-refractivity contribution < 1.29 is 23.1 Å². The predicted molar refractivity (Wildman–Crippen MR) is 133 cm³/mol. The fourth-order valence-corrected chi connectivity index (χ4v) is 3.28. The lowest BCUT2D eigenvalue weighted by molar-refractivity contribution is 0.0997. The first-order valence-electron chi connectivity index (χ1n) is 10.3. The van der Waals surface area contributed by atoms with Crippen LogP contribution in [0.5, 0.6) is 5.88 Å². The van der Waals surface area contributed by atoms with E-state index in [1.165, 1.54) is 0 Å². The molecule has 1 rings (SSSR count). The summed E-state index contributed by atoms with van der Waals surface area (Å²) in [6, 6.07) is -0.518. The SMILES string of the molecule is C=C(F)/C(=C/F)COc1nsc(NC(=O)NCCCCN(CC)CCC)c1C(N)=O.C=CBr. The second-order valence-corrected chi connectivity index (χ2v) is 7.98. The van der Waals surface area contributed by atoms with Crippen LogP contribution in [0.3, 0.4) is 0 Å². The summed E-state index contributed by atoms with van der Waals surface area (Å²) in [5, 5.41) is 5.29. The topological polar surface area (TPSA) is 110 Å². The van der Waals surface area contributed by atoms with Crippen LogP contribution < -0.4 is 21.1 Å². The minimum Gasteiger partial charge on any atom is -0.471 e. The molecule has 0 aliphatic carbocycles. The van der Waals surface area contributed by atoms with Crippen molar-refractivity contribution in [2.24, 2.45) is 5.73 Å². The summed E-state index contributed by atoms with van der Waals surface area (Å²) in [7, 11) is 0. The van der Waals surface area contributed by atoms with Crippen LogP contribution in [0.2, 0.25) is 0 Å². The largest absolute Gasteiger partial charge is 0.471 e. The fraction of sp³-hybridized carbons (Fsp3) is 0.476. The highest BCUT2D eigenvalue weighted by molar-refractivity contribution is 9.11. The molecule has 4 N–H and O–H groups in total. The molecular weight excluding hydrogens is 520 g/mol. The summed E-state index contributed by atoms with van der Waals surface area (Å²) < 4.78 is 34.7. The molecule has 1 aromatic rings. The number of primary amides is 1. The monoisotopic (exact) mass is 551 g/mol. The number of aromatic nitrogens is 1. The molecule has 0 saturated carbocycles. The van der Waals surface area contributed by atoms with E-state index >= 15 is 0 Å². The summed E-state index contributed by atoms with van der Waals surface area (Å²) in [4.78, 5) is 27.7. The molecule has 0 unspecified atom stereocenters. The Balaban J connectivity index is 0.00000322. The van der Waals surface area contributed by atoms with Crippen molar-refractivity contribution in [2.75, 3.05) is 38.1 Å². The third-order valence-electron chi connectivity index (χ3n) is 4.15. The summed E-state index contributed by atoms with van der Waals surface area (Å²) >= 11 is 3.68. The number of carbonyl (C=O) groups excluding carboxylic acids is 2. The Morgan fingerprint density at radius 1 is 1.33 bits per heavy atom. The molecule has 186 valence electrons. The fourth-order valence-electron chi connectivity index (χ4n) is 2.55. The Hall–Kier alpha value is -2.31. The molecule has 8 nitrogen and oxygen atoms in total. The molecule has 0 aliphatic rings. The minimum atomic E-state index is -1.01. The highest BCUT2D eigenvalue weighted by Gasteiger charge is 2.22. The van der Waals surface area contributed by atoms with Crippen molar-refractivity contribution >= 4 is 44.4 Å². The number of anilines is 1. The summed E-state index contributed by atoms with van der Waals surface area (Å²) in [6.45, 7) is 13.5. The van der Waals surface area contributed by atoms with Crippen LogP contribution in [0.15, 0.2) is 35.9 Å². The van der Waals surface area contributed by atoms with E-state index in [0.717, 1.165) is 50.4 Å². The van der Waals surface area contributed by atoms with Gasteiger partial charge in [0, 0.05) is 6.54 Å². The van der Waals surface area contributed by atoms with E-state index in [1.54, 1.807) is 4.99 Å². The average Bonchev–Trinajstić information content (AvgIpc) is 3.16. The first kappa shape index (κ1) is 30.7. The van der Waals surface area contributed by atoms with Gasteiger partial charge in [0.2, 0.25) is 5.88 Å². The summed E-state index contributed by atoms with van der Waals surface area (Å²) in [5.41, 5.74) is 4.72. The van der Waals surface area contributed by atoms with Gasteiger partial charge in [-0.3, -0.25) is 10.1 Å². The number of nitrogens with zero attached hydrogens (tertiary/aromatic N) is 2. The summed E-state index contributed by atoms with van der Waals surface area (Å²) in [5.74, 6) is -2.13. The lowest BCUT2D eigenvalue weighted by Gasteiger charge is -2.19. The van der Waals surface area contributed by atoms with Crippen LogP contribution in [0.1, 0.15) is 43.5 Å². The van der Waals surface area contributed by atoms with Crippen LogP contribution in [-0.2, 0) is 0 Å². The van der Waals surface area contributed by atoms with Crippen molar-refractivity contribution in [3.8, 4) is 5.88 Å². The Kier molecular flexibility index (Phi) is 16.9. The molecule has 0 bridgehead atoms. The van der Waals surface area contributed by atoms with Gasteiger partial charge in [-0.2, -0.15) is 4.37 Å². The van der Waals surface area contributed by atoms with E-state index in [4.69, 9.17) is 10.5 Å². The van der Waals surface area contributed by atoms with Crippen LogP contribution in [-0.4, -0.2) is 54.0 Å². The Bertz CT molecular complexity index is 805. The maximum Gasteiger partial charge on any atom is 0.319 e. The molecule has 0 aromatic carbocycles. The molecule has 0 aliphatic heterocycles. The zero-order chi connectivity index (χ0) is 25.2. The maximum atomic E-state index is 13.0. The van der Waals surface area contributed by atoms with Crippen LogP contribution >= 0.6 is 27.5 Å². The van der Waals surface area contributed by atoms with Crippen molar-refractivity contribution in [3.05, 3.63) is 41.4 Å². The normalized spacial score (nSPS) is 10.8. The number of rotatable bonds is 14. The van der Waals surface area contributed by atoms with E-state index in [-0.39, 0.29) is 22.8 Å². The van der Waals surface area contributed by atoms with Gasteiger partial charge in [0.1, 0.15) is 23.0 Å². The highest BCUT2D eigenvalue weighted by Crippen LogP contribution is 2.30. The lowest BCUT2D eigenvalue weighted by Crippen LogP contribution is -2.31. The van der Waals surface area contributed by atoms with E-state index in [0.29, 0.717) is 6.54 Å². The highest BCUT2D eigenvalue weighted by atomic mass is 79.9. The van der Waals surface area contributed by atoms with Crippen molar-refractivity contribution in [2.45, 2.75) is 33.1 Å². The predicted octanol–water partition coefficient (Wildman–Crippen LogP) is 5.12. The number of ether oxygens (including phenoxy) is 1. The zero-order valence-corrected chi connectivity index (χ0v) is 21.4. The first-order chi connectivity index (χ1) is 15.7. The molecule has 33 heavy (non-hydrogen) atoms. The minimum absolute atomic E-state index is 0.00718. The van der Waals surface area contributed by atoms with Gasteiger partial charge in [0.05, 0.1) is 11.9 Å². The molecule has 1 heterocycles.